The first-order valence-electron chi connectivity index (χ1n) is 8.59. The predicted octanol–water partition coefficient (Wildman–Crippen LogP) is 9.28. The Bertz CT molecular complexity index is 784. The van der Waals surface area contributed by atoms with Gasteiger partial charge in [0.2, 0.25) is 0 Å². The minimum absolute atomic E-state index is 0.125. The monoisotopic (exact) mass is 520 g/mol. The Hall–Kier alpha value is -1.07. The van der Waals surface area contributed by atoms with Crippen LogP contribution >= 0.6 is 26.3 Å². The van der Waals surface area contributed by atoms with E-state index in [0.717, 1.165) is 22.7 Å². The van der Waals surface area contributed by atoms with Crippen LogP contribution in [0.15, 0.2) is 60.7 Å². The zero-order chi connectivity index (χ0) is 19.8. The zero-order valence-electron chi connectivity index (χ0n) is 15.9. The van der Waals surface area contributed by atoms with Gasteiger partial charge in [-0.1, -0.05) is 82.9 Å². The molecule has 0 spiro atoms. The van der Waals surface area contributed by atoms with Crippen LogP contribution < -0.4 is 0 Å². The van der Waals surface area contributed by atoms with Gasteiger partial charge in [0.15, 0.2) is 0 Å². The molecule has 0 heterocycles. The molecule has 0 saturated carbocycles. The quantitative estimate of drug-likeness (QED) is 0.306. The number of hydrogen-bond donors (Lipinski definition) is 0. The van der Waals surface area contributed by atoms with E-state index in [4.69, 9.17) is 10.6 Å². The van der Waals surface area contributed by atoms with Crippen LogP contribution in [-0.4, -0.2) is 0 Å². The van der Waals surface area contributed by atoms with Crippen LogP contribution in [0.3, 0.4) is 0 Å². The van der Waals surface area contributed by atoms with Crippen molar-refractivity contribution in [3.8, 4) is 0 Å². The molecule has 0 aliphatic rings. The molecule has 0 atom stereocenters. The SMILES string of the molecule is Cc1cccc(C)c1[N-]c1ccccc1[N-]c1c(C)cccc1C.[Br][Ti][Br]. The molecule has 0 N–H and O–H groups in total. The van der Waals surface area contributed by atoms with Crippen LogP contribution in [0.25, 0.3) is 10.6 Å². The van der Waals surface area contributed by atoms with Crippen LogP contribution in [0.4, 0.5) is 22.7 Å². The number of nitrogens with zero attached hydrogens (tertiary/aromatic N) is 2. The second-order valence-electron chi connectivity index (χ2n) is 6.26. The number of hydrogen-bond acceptors (Lipinski definition) is 0. The third-order valence-corrected chi connectivity index (χ3v) is 4.23. The fourth-order valence-corrected chi connectivity index (χ4v) is 2.86. The van der Waals surface area contributed by atoms with Crippen LogP contribution in [0.1, 0.15) is 22.3 Å². The molecule has 0 amide bonds. The van der Waals surface area contributed by atoms with E-state index in [1.807, 2.05) is 24.3 Å². The van der Waals surface area contributed by atoms with Crippen LogP contribution in [0.2, 0.25) is 0 Å². The van der Waals surface area contributed by atoms with Gasteiger partial charge in [-0.25, -0.2) is 0 Å². The maximum absolute atomic E-state index is 4.90. The van der Waals surface area contributed by atoms with Crippen LogP contribution in [0, 0.1) is 27.7 Å². The Morgan fingerprint density at radius 2 is 0.852 bits per heavy atom. The van der Waals surface area contributed by atoms with E-state index in [-0.39, 0.29) is 15.0 Å². The molecule has 5 heteroatoms. The Morgan fingerprint density at radius 1 is 0.556 bits per heavy atom. The van der Waals surface area contributed by atoms with Gasteiger partial charge in [-0.2, -0.15) is 11.4 Å². The molecule has 0 aliphatic heterocycles. The molecule has 3 rings (SSSR count). The normalized spacial score (nSPS) is 9.85. The third kappa shape index (κ3) is 6.22. The summed E-state index contributed by atoms with van der Waals surface area (Å²) in [4.78, 5) is 0. The molecular formula is C22H22Br2N2Ti-2. The molecule has 0 bridgehead atoms. The first kappa shape index (κ1) is 22.2. The third-order valence-electron chi connectivity index (χ3n) is 4.23. The average Bonchev–Trinajstić information content (AvgIpc) is 2.63. The molecule has 0 saturated heterocycles. The zero-order valence-corrected chi connectivity index (χ0v) is 20.7. The predicted molar refractivity (Wildman–Crippen MR) is 121 cm³/mol. The van der Waals surface area contributed by atoms with E-state index >= 15 is 0 Å². The van der Waals surface area contributed by atoms with Crippen molar-refractivity contribution >= 4 is 49.1 Å². The summed E-state index contributed by atoms with van der Waals surface area (Å²) in [7, 11) is 0. The standard InChI is InChI=1S/C22H22N2.2BrH.Ti/c1-15-9-7-10-16(2)21(15)23-19-13-5-6-14-20(19)24-22-17(3)11-8-12-18(22)4;;;/h5-14H,1-4H3;2*1H;/q-2;;;+2/p-2. The fraction of sp³-hybridized carbons (Fsp3) is 0.182. The van der Waals surface area contributed by atoms with Crippen molar-refractivity contribution in [3.63, 3.8) is 0 Å². The summed E-state index contributed by atoms with van der Waals surface area (Å²) in [6, 6.07) is 20.6. The molecule has 0 fully saturated rings. The van der Waals surface area contributed by atoms with Gasteiger partial charge < -0.3 is 10.6 Å². The summed E-state index contributed by atoms with van der Waals surface area (Å²) in [5.74, 6) is 0. The first-order valence-corrected chi connectivity index (χ1v) is 16.3. The molecule has 27 heavy (non-hydrogen) atoms. The number of para-hydroxylation sites is 4. The Morgan fingerprint density at radius 3 is 1.15 bits per heavy atom. The summed E-state index contributed by atoms with van der Waals surface area (Å²) >= 11 is 6.50. The number of halogens is 2. The van der Waals surface area contributed by atoms with E-state index in [1.54, 1.807) is 0 Å². The van der Waals surface area contributed by atoms with E-state index in [0.29, 0.717) is 0 Å². The Labute approximate surface area is 184 Å². The summed E-state index contributed by atoms with van der Waals surface area (Å²) in [6.45, 7) is 8.38. The van der Waals surface area contributed by atoms with E-state index in [1.165, 1.54) is 22.3 Å². The second-order valence-corrected chi connectivity index (χ2v) is 14.1. The molecule has 3 aromatic rings. The van der Waals surface area contributed by atoms with Crippen molar-refractivity contribution in [1.29, 1.82) is 0 Å². The van der Waals surface area contributed by atoms with Gasteiger partial charge in [0.25, 0.3) is 0 Å². The van der Waals surface area contributed by atoms with Crippen molar-refractivity contribution in [2.24, 2.45) is 0 Å². The van der Waals surface area contributed by atoms with Crippen LogP contribution in [-0.2, 0) is 15.0 Å². The Kier molecular flexibility index (Phi) is 9.11. The number of aryl methyl sites for hydroxylation is 4. The van der Waals surface area contributed by atoms with Gasteiger partial charge >= 0.3 is 41.3 Å². The van der Waals surface area contributed by atoms with Crippen LogP contribution in [0.5, 0.6) is 0 Å². The van der Waals surface area contributed by atoms with Gasteiger partial charge in [0.1, 0.15) is 0 Å². The summed E-state index contributed by atoms with van der Waals surface area (Å²) in [5.41, 5.74) is 8.57. The average molecular weight is 522 g/mol. The van der Waals surface area contributed by atoms with Crippen molar-refractivity contribution in [3.05, 3.63) is 93.6 Å². The van der Waals surface area contributed by atoms with Gasteiger partial charge in [0, 0.05) is 0 Å². The van der Waals surface area contributed by atoms with Crippen molar-refractivity contribution in [2.45, 2.75) is 27.7 Å². The second kappa shape index (κ2) is 11.1. The summed E-state index contributed by atoms with van der Waals surface area (Å²) in [5, 5.41) is 9.80. The molecule has 0 unspecified atom stereocenters. The topological polar surface area (TPSA) is 28.2 Å². The van der Waals surface area contributed by atoms with Gasteiger partial charge in [-0.05, 0) is 27.7 Å². The van der Waals surface area contributed by atoms with Crippen molar-refractivity contribution < 1.29 is 15.0 Å². The molecule has 3 aromatic carbocycles. The van der Waals surface area contributed by atoms with Crippen molar-refractivity contribution in [1.82, 2.24) is 0 Å². The van der Waals surface area contributed by atoms with Crippen molar-refractivity contribution in [2.75, 3.05) is 0 Å². The van der Waals surface area contributed by atoms with E-state index in [9.17, 15) is 0 Å². The van der Waals surface area contributed by atoms with Gasteiger partial charge in [0.05, 0.1) is 0 Å². The molecule has 0 aromatic heterocycles. The fourth-order valence-electron chi connectivity index (χ4n) is 2.86. The molecular weight excluding hydrogens is 500 g/mol. The van der Waals surface area contributed by atoms with Gasteiger partial charge in [-0.3, -0.25) is 0 Å². The number of benzene rings is 3. The molecule has 0 aliphatic carbocycles. The van der Waals surface area contributed by atoms with Gasteiger partial charge in [-0.15, -0.1) is 11.4 Å². The summed E-state index contributed by atoms with van der Waals surface area (Å²) in [6.07, 6.45) is 0. The van der Waals surface area contributed by atoms with E-state index < -0.39 is 0 Å². The maximum atomic E-state index is 4.90. The summed E-state index contributed by atoms with van der Waals surface area (Å²) < 4.78 is 0. The minimum atomic E-state index is 0.125. The first-order chi connectivity index (χ1) is 13.0. The molecule has 140 valence electrons. The van der Waals surface area contributed by atoms with E-state index in [2.05, 4.69) is 90.4 Å². The number of rotatable bonds is 4. The Balaban J connectivity index is 0.000000817. The molecule has 2 nitrogen and oxygen atoms in total. The molecule has 0 radical (unpaired) electrons.